The Hall–Kier alpha value is -0.180. The minimum absolute atomic E-state index is 0.0497. The zero-order valence-electron chi connectivity index (χ0n) is 10.0. The summed E-state index contributed by atoms with van der Waals surface area (Å²) in [6, 6.07) is 0.338. The first-order chi connectivity index (χ1) is 6.28. The van der Waals surface area contributed by atoms with Gasteiger partial charge in [-0.25, -0.2) is 0 Å². The van der Waals surface area contributed by atoms with Crippen LogP contribution in [0.5, 0.6) is 0 Å². The molecular weight excluding hydrogens is 194 g/mol. The third-order valence-corrected chi connectivity index (χ3v) is 2.82. The fraction of sp³-hybridized carbons (Fsp3) is 0.909. The second-order valence-corrected chi connectivity index (χ2v) is 5.79. The third-order valence-electron chi connectivity index (χ3n) is 2.60. The van der Waals surface area contributed by atoms with Crippen molar-refractivity contribution in [3.05, 3.63) is 0 Å². The summed E-state index contributed by atoms with van der Waals surface area (Å²) >= 11 is 4.40. The van der Waals surface area contributed by atoms with Gasteiger partial charge >= 0.3 is 0 Å². The molecule has 0 saturated carbocycles. The molecule has 3 heteroatoms. The summed E-state index contributed by atoms with van der Waals surface area (Å²) in [4.78, 5) is 13.5. The van der Waals surface area contributed by atoms with Gasteiger partial charge in [-0.05, 0) is 19.8 Å². The Labute approximate surface area is 93.5 Å². The van der Waals surface area contributed by atoms with Crippen LogP contribution in [0.1, 0.15) is 47.0 Å². The van der Waals surface area contributed by atoms with Crippen molar-refractivity contribution >= 4 is 18.5 Å². The molecule has 0 aliphatic heterocycles. The highest BCUT2D eigenvalue weighted by Crippen LogP contribution is 2.19. The largest absolute Gasteiger partial charge is 0.343 e. The minimum Gasteiger partial charge on any atom is -0.343 e. The van der Waals surface area contributed by atoms with Crippen LogP contribution < -0.4 is 0 Å². The van der Waals surface area contributed by atoms with Crippen molar-refractivity contribution < 1.29 is 4.79 Å². The van der Waals surface area contributed by atoms with E-state index >= 15 is 0 Å². The number of amides is 1. The van der Waals surface area contributed by atoms with Gasteiger partial charge in [-0.2, -0.15) is 12.6 Å². The standard InChI is InChI=1S/C11H23NOS/c1-6-9(2)12(5)10(13)7-8-11(3,4)14/h9,14H,6-8H2,1-5H3/t9-/m0/s1. The number of hydrogen-bond acceptors (Lipinski definition) is 2. The van der Waals surface area contributed by atoms with Crippen LogP contribution in [0.4, 0.5) is 0 Å². The molecule has 0 rings (SSSR count). The number of rotatable bonds is 5. The highest BCUT2D eigenvalue weighted by Gasteiger charge is 2.18. The van der Waals surface area contributed by atoms with Gasteiger partial charge in [-0.3, -0.25) is 4.79 Å². The summed E-state index contributed by atoms with van der Waals surface area (Å²) in [6.45, 7) is 8.24. The van der Waals surface area contributed by atoms with E-state index in [0.717, 1.165) is 12.8 Å². The molecule has 0 aliphatic carbocycles. The van der Waals surface area contributed by atoms with Gasteiger partial charge in [0.25, 0.3) is 0 Å². The smallest absolute Gasteiger partial charge is 0.222 e. The van der Waals surface area contributed by atoms with Gasteiger partial charge in [0.1, 0.15) is 0 Å². The third kappa shape index (κ3) is 5.53. The molecule has 0 aromatic carbocycles. The summed E-state index contributed by atoms with van der Waals surface area (Å²) in [5.74, 6) is 0.224. The van der Waals surface area contributed by atoms with E-state index in [9.17, 15) is 4.79 Å². The van der Waals surface area contributed by atoms with Crippen molar-refractivity contribution in [2.24, 2.45) is 0 Å². The zero-order chi connectivity index (χ0) is 11.4. The fourth-order valence-corrected chi connectivity index (χ4v) is 1.22. The van der Waals surface area contributed by atoms with Crippen LogP contribution in [0.25, 0.3) is 0 Å². The summed E-state index contributed by atoms with van der Waals surface area (Å²) in [7, 11) is 1.88. The lowest BCUT2D eigenvalue weighted by Crippen LogP contribution is -2.35. The number of carbonyl (C=O) groups is 1. The summed E-state index contributed by atoms with van der Waals surface area (Å²) in [5.41, 5.74) is 0. The maximum Gasteiger partial charge on any atom is 0.222 e. The SMILES string of the molecule is CC[C@H](C)N(C)C(=O)CCC(C)(C)S. The van der Waals surface area contributed by atoms with Crippen LogP contribution in [-0.4, -0.2) is 28.6 Å². The van der Waals surface area contributed by atoms with Crippen LogP contribution in [0, 0.1) is 0 Å². The molecule has 0 aliphatic rings. The molecule has 0 bridgehead atoms. The predicted molar refractivity (Wildman–Crippen MR) is 64.8 cm³/mol. The quantitative estimate of drug-likeness (QED) is 0.702. The van der Waals surface area contributed by atoms with E-state index in [-0.39, 0.29) is 10.7 Å². The Morgan fingerprint density at radius 2 is 2.00 bits per heavy atom. The first-order valence-electron chi connectivity index (χ1n) is 5.26. The average molecular weight is 217 g/mol. The normalized spacial score (nSPS) is 13.9. The maximum atomic E-state index is 11.7. The molecule has 84 valence electrons. The molecule has 0 saturated heterocycles. The Balaban J connectivity index is 3.97. The van der Waals surface area contributed by atoms with Crippen LogP contribution >= 0.6 is 12.6 Å². The molecule has 0 fully saturated rings. The van der Waals surface area contributed by atoms with Gasteiger partial charge in [-0.15, -0.1) is 0 Å². The van der Waals surface area contributed by atoms with Gasteiger partial charge in [0.05, 0.1) is 0 Å². The first-order valence-corrected chi connectivity index (χ1v) is 5.70. The second kappa shape index (κ2) is 5.64. The molecule has 0 spiro atoms. The Morgan fingerprint density at radius 1 is 1.50 bits per heavy atom. The van der Waals surface area contributed by atoms with Crippen molar-refractivity contribution in [3.8, 4) is 0 Å². The van der Waals surface area contributed by atoms with Gasteiger partial charge in [0.15, 0.2) is 0 Å². The Bertz CT molecular complexity index is 186. The van der Waals surface area contributed by atoms with Crippen molar-refractivity contribution in [2.45, 2.75) is 57.7 Å². The van der Waals surface area contributed by atoms with E-state index in [2.05, 4.69) is 26.5 Å². The topological polar surface area (TPSA) is 20.3 Å². The maximum absolute atomic E-state index is 11.7. The molecule has 0 N–H and O–H groups in total. The Morgan fingerprint density at radius 3 is 2.36 bits per heavy atom. The van der Waals surface area contributed by atoms with Crippen molar-refractivity contribution in [1.82, 2.24) is 4.90 Å². The summed E-state index contributed by atoms with van der Waals surface area (Å²) < 4.78 is -0.0497. The molecule has 0 heterocycles. The van der Waals surface area contributed by atoms with E-state index in [1.165, 1.54) is 0 Å². The van der Waals surface area contributed by atoms with Gasteiger partial charge in [0, 0.05) is 24.3 Å². The minimum atomic E-state index is -0.0497. The fourth-order valence-electron chi connectivity index (χ4n) is 1.11. The lowest BCUT2D eigenvalue weighted by atomic mass is 10.1. The molecule has 14 heavy (non-hydrogen) atoms. The van der Waals surface area contributed by atoms with Crippen LogP contribution in [0.15, 0.2) is 0 Å². The van der Waals surface area contributed by atoms with E-state index in [1.54, 1.807) is 0 Å². The highest BCUT2D eigenvalue weighted by molar-refractivity contribution is 7.81. The molecular formula is C11H23NOS. The van der Waals surface area contributed by atoms with E-state index in [4.69, 9.17) is 0 Å². The first kappa shape index (κ1) is 13.8. The van der Waals surface area contributed by atoms with Crippen LogP contribution in [0.3, 0.4) is 0 Å². The monoisotopic (exact) mass is 217 g/mol. The number of carbonyl (C=O) groups excluding carboxylic acids is 1. The van der Waals surface area contributed by atoms with Crippen molar-refractivity contribution in [1.29, 1.82) is 0 Å². The lowest BCUT2D eigenvalue weighted by Gasteiger charge is -2.25. The average Bonchev–Trinajstić information content (AvgIpc) is 2.10. The zero-order valence-corrected chi connectivity index (χ0v) is 10.9. The van der Waals surface area contributed by atoms with E-state index < -0.39 is 0 Å². The molecule has 0 radical (unpaired) electrons. The van der Waals surface area contributed by atoms with Crippen molar-refractivity contribution in [2.75, 3.05) is 7.05 Å². The predicted octanol–water partition coefficient (Wildman–Crippen LogP) is 2.73. The molecule has 1 atom stereocenters. The number of thiol groups is 1. The molecule has 2 nitrogen and oxygen atoms in total. The van der Waals surface area contributed by atoms with E-state index in [1.807, 2.05) is 25.8 Å². The highest BCUT2D eigenvalue weighted by atomic mass is 32.1. The van der Waals surface area contributed by atoms with Gasteiger partial charge < -0.3 is 4.90 Å². The van der Waals surface area contributed by atoms with E-state index in [0.29, 0.717) is 12.5 Å². The lowest BCUT2D eigenvalue weighted by molar-refractivity contribution is -0.131. The van der Waals surface area contributed by atoms with Crippen LogP contribution in [0.2, 0.25) is 0 Å². The van der Waals surface area contributed by atoms with Gasteiger partial charge in [-0.1, -0.05) is 20.8 Å². The number of hydrogen-bond donors (Lipinski definition) is 1. The molecule has 0 aromatic rings. The summed E-state index contributed by atoms with van der Waals surface area (Å²) in [6.07, 6.45) is 2.43. The molecule has 0 unspecified atom stereocenters. The van der Waals surface area contributed by atoms with Crippen LogP contribution in [-0.2, 0) is 4.79 Å². The van der Waals surface area contributed by atoms with Crippen molar-refractivity contribution in [3.63, 3.8) is 0 Å². The second-order valence-electron chi connectivity index (χ2n) is 4.57. The summed E-state index contributed by atoms with van der Waals surface area (Å²) in [5, 5.41) is 0. The molecule has 0 aromatic heterocycles. The Kier molecular flexibility index (Phi) is 5.57. The number of nitrogens with zero attached hydrogens (tertiary/aromatic N) is 1. The van der Waals surface area contributed by atoms with Gasteiger partial charge in [0.2, 0.25) is 5.91 Å². The molecule has 1 amide bonds.